The standard InChI is InChI=1S/C14H19N3O2S/c1-2-20-12(15)16-11-6-3-5-10(9-11)14(7-4-8-14)17-13(18)19/h3,5-6,9,17H,2,4,7-8H2,1H3,(H2,15,16)(H,18,19). The van der Waals surface area contributed by atoms with Gasteiger partial charge in [-0.15, -0.1) is 0 Å². The topological polar surface area (TPSA) is 87.7 Å². The number of amidine groups is 1. The van der Waals surface area contributed by atoms with Gasteiger partial charge in [0, 0.05) is 0 Å². The van der Waals surface area contributed by atoms with Crippen molar-refractivity contribution in [2.45, 2.75) is 31.7 Å². The summed E-state index contributed by atoms with van der Waals surface area (Å²) in [4.78, 5) is 15.3. The molecule has 1 aliphatic carbocycles. The lowest BCUT2D eigenvalue weighted by Crippen LogP contribution is -2.50. The van der Waals surface area contributed by atoms with Gasteiger partial charge in [-0.1, -0.05) is 30.8 Å². The highest BCUT2D eigenvalue weighted by molar-refractivity contribution is 8.13. The Morgan fingerprint density at radius 3 is 2.85 bits per heavy atom. The summed E-state index contributed by atoms with van der Waals surface area (Å²) in [7, 11) is 0. The van der Waals surface area contributed by atoms with Crippen LogP contribution in [-0.2, 0) is 5.54 Å². The molecule has 2 rings (SSSR count). The smallest absolute Gasteiger partial charge is 0.405 e. The maximum atomic E-state index is 11.0. The van der Waals surface area contributed by atoms with Crippen LogP contribution >= 0.6 is 11.8 Å². The lowest BCUT2D eigenvalue weighted by molar-refractivity contribution is 0.144. The summed E-state index contributed by atoms with van der Waals surface area (Å²) in [6.07, 6.45) is 1.69. The first-order valence-electron chi connectivity index (χ1n) is 6.64. The molecule has 5 nitrogen and oxygen atoms in total. The van der Waals surface area contributed by atoms with Gasteiger partial charge in [0.25, 0.3) is 0 Å². The van der Waals surface area contributed by atoms with E-state index in [-0.39, 0.29) is 0 Å². The van der Waals surface area contributed by atoms with Crippen molar-refractivity contribution in [3.8, 4) is 0 Å². The van der Waals surface area contributed by atoms with Crippen LogP contribution in [0.25, 0.3) is 0 Å². The van der Waals surface area contributed by atoms with Crippen molar-refractivity contribution in [1.29, 1.82) is 0 Å². The second kappa shape index (κ2) is 6.17. The Balaban J connectivity index is 2.25. The molecule has 0 bridgehead atoms. The Kier molecular flexibility index (Phi) is 4.54. The molecule has 20 heavy (non-hydrogen) atoms. The summed E-state index contributed by atoms with van der Waals surface area (Å²) >= 11 is 1.49. The van der Waals surface area contributed by atoms with E-state index < -0.39 is 11.6 Å². The van der Waals surface area contributed by atoms with Crippen LogP contribution in [0.15, 0.2) is 29.3 Å². The van der Waals surface area contributed by atoms with Crippen LogP contribution in [-0.4, -0.2) is 22.1 Å². The molecule has 4 N–H and O–H groups in total. The molecule has 0 heterocycles. The molecular formula is C14H19N3O2S. The molecule has 1 saturated carbocycles. The fraction of sp³-hybridized carbons (Fsp3) is 0.429. The third-order valence-corrected chi connectivity index (χ3v) is 4.16. The molecule has 0 radical (unpaired) electrons. The summed E-state index contributed by atoms with van der Waals surface area (Å²) in [5, 5.41) is 12.2. The lowest BCUT2D eigenvalue weighted by atomic mass is 9.72. The Labute approximate surface area is 122 Å². The first-order chi connectivity index (χ1) is 9.55. The number of nitrogens with zero attached hydrogens (tertiary/aromatic N) is 1. The Morgan fingerprint density at radius 1 is 1.55 bits per heavy atom. The number of rotatable bonds is 4. The van der Waals surface area contributed by atoms with Gasteiger partial charge in [0.2, 0.25) is 0 Å². The monoisotopic (exact) mass is 293 g/mol. The number of hydrogen-bond acceptors (Lipinski definition) is 3. The number of aliphatic imine (C=N–C) groups is 1. The van der Waals surface area contributed by atoms with E-state index in [1.165, 1.54) is 11.8 Å². The number of amides is 1. The van der Waals surface area contributed by atoms with E-state index in [9.17, 15) is 4.79 Å². The van der Waals surface area contributed by atoms with Crippen LogP contribution in [0.2, 0.25) is 0 Å². The van der Waals surface area contributed by atoms with E-state index in [0.29, 0.717) is 5.17 Å². The van der Waals surface area contributed by atoms with E-state index in [4.69, 9.17) is 10.8 Å². The maximum Gasteiger partial charge on any atom is 0.405 e. The van der Waals surface area contributed by atoms with Crippen LogP contribution in [0.1, 0.15) is 31.7 Å². The largest absolute Gasteiger partial charge is 0.465 e. The van der Waals surface area contributed by atoms with Gasteiger partial charge in [-0.05, 0) is 42.7 Å². The molecule has 1 aromatic rings. The second-order valence-electron chi connectivity index (χ2n) is 4.80. The van der Waals surface area contributed by atoms with E-state index >= 15 is 0 Å². The molecule has 108 valence electrons. The highest BCUT2D eigenvalue weighted by Crippen LogP contribution is 2.42. The maximum absolute atomic E-state index is 11.0. The zero-order chi connectivity index (χ0) is 14.6. The lowest BCUT2D eigenvalue weighted by Gasteiger charge is -2.42. The van der Waals surface area contributed by atoms with Gasteiger partial charge in [-0.3, -0.25) is 0 Å². The average Bonchev–Trinajstić information content (AvgIpc) is 2.34. The zero-order valence-corrected chi connectivity index (χ0v) is 12.2. The fourth-order valence-corrected chi connectivity index (χ4v) is 2.87. The first-order valence-corrected chi connectivity index (χ1v) is 7.63. The van der Waals surface area contributed by atoms with E-state index in [1.807, 2.05) is 31.2 Å². The number of carbonyl (C=O) groups is 1. The summed E-state index contributed by atoms with van der Waals surface area (Å²) in [6, 6.07) is 7.62. The average molecular weight is 293 g/mol. The summed E-state index contributed by atoms with van der Waals surface area (Å²) in [5.41, 5.74) is 7.07. The van der Waals surface area contributed by atoms with Gasteiger partial charge < -0.3 is 16.2 Å². The fourth-order valence-electron chi connectivity index (χ4n) is 2.40. The molecule has 0 aliphatic heterocycles. The molecule has 0 spiro atoms. The van der Waals surface area contributed by atoms with Crippen LogP contribution in [0.3, 0.4) is 0 Å². The Morgan fingerprint density at radius 2 is 2.30 bits per heavy atom. The molecule has 6 heteroatoms. The summed E-state index contributed by atoms with van der Waals surface area (Å²) in [5.74, 6) is 0.875. The van der Waals surface area contributed by atoms with Crippen molar-refractivity contribution < 1.29 is 9.90 Å². The number of hydrogen-bond donors (Lipinski definition) is 3. The normalized spacial score (nSPS) is 17.4. The molecule has 1 aliphatic rings. The second-order valence-corrected chi connectivity index (χ2v) is 6.08. The third kappa shape index (κ3) is 3.25. The number of nitrogens with two attached hydrogens (primary N) is 1. The van der Waals surface area contributed by atoms with Crippen molar-refractivity contribution in [3.05, 3.63) is 29.8 Å². The third-order valence-electron chi connectivity index (χ3n) is 3.48. The predicted molar refractivity (Wildman–Crippen MR) is 82.5 cm³/mol. The molecule has 0 aromatic heterocycles. The van der Waals surface area contributed by atoms with E-state index in [2.05, 4.69) is 10.3 Å². The van der Waals surface area contributed by atoms with Crippen LogP contribution in [0, 0.1) is 0 Å². The molecule has 1 aromatic carbocycles. The van der Waals surface area contributed by atoms with Gasteiger partial charge in [0.05, 0.1) is 11.2 Å². The van der Waals surface area contributed by atoms with Crippen LogP contribution < -0.4 is 11.1 Å². The van der Waals surface area contributed by atoms with E-state index in [0.717, 1.165) is 36.3 Å². The SMILES string of the molecule is CCSC(N)=Nc1cccc(C2(NC(=O)O)CCC2)c1. The zero-order valence-electron chi connectivity index (χ0n) is 11.4. The Bertz CT molecular complexity index is 527. The number of nitrogens with one attached hydrogen (secondary N) is 1. The Hall–Kier alpha value is -1.69. The molecule has 0 atom stereocenters. The molecule has 1 amide bonds. The number of carboxylic acid groups (broad SMARTS) is 1. The molecular weight excluding hydrogens is 274 g/mol. The molecule has 1 fully saturated rings. The van der Waals surface area contributed by atoms with E-state index in [1.54, 1.807) is 0 Å². The van der Waals surface area contributed by atoms with Crippen molar-refractivity contribution in [1.82, 2.24) is 5.32 Å². The van der Waals surface area contributed by atoms with Gasteiger partial charge in [-0.2, -0.15) is 0 Å². The quantitative estimate of drug-likeness (QED) is 0.588. The number of thioether (sulfide) groups is 1. The van der Waals surface area contributed by atoms with Crippen molar-refractivity contribution in [2.24, 2.45) is 10.7 Å². The van der Waals surface area contributed by atoms with Crippen molar-refractivity contribution in [2.75, 3.05) is 5.75 Å². The van der Waals surface area contributed by atoms with Gasteiger partial charge in [-0.25, -0.2) is 9.79 Å². The minimum atomic E-state index is -0.986. The van der Waals surface area contributed by atoms with Crippen LogP contribution in [0.5, 0.6) is 0 Å². The summed E-state index contributed by atoms with van der Waals surface area (Å²) < 4.78 is 0. The summed E-state index contributed by atoms with van der Waals surface area (Å²) in [6.45, 7) is 2.02. The highest BCUT2D eigenvalue weighted by atomic mass is 32.2. The van der Waals surface area contributed by atoms with Gasteiger partial charge in [0.15, 0.2) is 5.17 Å². The van der Waals surface area contributed by atoms with Crippen molar-refractivity contribution in [3.63, 3.8) is 0 Å². The van der Waals surface area contributed by atoms with Gasteiger partial charge in [0.1, 0.15) is 0 Å². The molecule has 0 saturated heterocycles. The van der Waals surface area contributed by atoms with Crippen LogP contribution in [0.4, 0.5) is 10.5 Å². The van der Waals surface area contributed by atoms with Crippen molar-refractivity contribution >= 4 is 28.7 Å². The molecule has 0 unspecified atom stereocenters. The minimum absolute atomic E-state index is 0.454. The van der Waals surface area contributed by atoms with Gasteiger partial charge >= 0.3 is 6.09 Å². The predicted octanol–water partition coefficient (Wildman–Crippen LogP) is 3.03. The number of benzene rings is 1. The first kappa shape index (κ1) is 14.7. The highest BCUT2D eigenvalue weighted by Gasteiger charge is 2.40. The minimum Gasteiger partial charge on any atom is -0.465 e.